The van der Waals surface area contributed by atoms with Gasteiger partial charge >= 0.3 is 0 Å². The van der Waals surface area contributed by atoms with Crippen LogP contribution in [-0.2, 0) is 20.0 Å². The summed E-state index contributed by atoms with van der Waals surface area (Å²) in [5.41, 5.74) is 3.92. The first-order chi connectivity index (χ1) is 13.7. The number of pyridine rings is 1. The predicted molar refractivity (Wildman–Crippen MR) is 109 cm³/mol. The molecule has 3 aromatic rings. The minimum absolute atomic E-state index is 0.147. The molecule has 2 aliphatic rings. The largest absolute Gasteiger partial charge is 0.309 e. The van der Waals surface area contributed by atoms with E-state index < -0.39 is 0 Å². The van der Waals surface area contributed by atoms with Crippen molar-refractivity contribution in [3.63, 3.8) is 0 Å². The van der Waals surface area contributed by atoms with Gasteiger partial charge in [0.05, 0.1) is 6.20 Å². The van der Waals surface area contributed by atoms with Crippen molar-refractivity contribution in [3.8, 4) is 0 Å². The molecule has 28 heavy (non-hydrogen) atoms. The van der Waals surface area contributed by atoms with Crippen LogP contribution in [0.4, 0.5) is 0 Å². The minimum atomic E-state index is 0.147. The molecule has 5 rings (SSSR count). The van der Waals surface area contributed by atoms with Crippen LogP contribution in [0.25, 0.3) is 0 Å². The Balaban J connectivity index is 1.48. The summed E-state index contributed by atoms with van der Waals surface area (Å²) in [4.78, 5) is 15.4. The molecule has 0 amide bonds. The third kappa shape index (κ3) is 3.20. The number of fused-ring (bicyclic) bond motifs is 4. The number of aromatic nitrogens is 3. The van der Waals surface area contributed by atoms with Gasteiger partial charge in [-0.05, 0) is 30.4 Å². The second kappa shape index (κ2) is 7.06. The molecule has 3 atom stereocenters. The second-order valence-electron chi connectivity index (χ2n) is 8.33. The Morgan fingerprint density at radius 2 is 1.89 bits per heavy atom. The number of rotatable bonds is 4. The van der Waals surface area contributed by atoms with Gasteiger partial charge in [0.25, 0.3) is 5.56 Å². The molecule has 2 aromatic heterocycles. The Kier molecular flexibility index (Phi) is 4.40. The molecular formula is C23H26N4O. The topological polar surface area (TPSA) is 43.1 Å². The number of hydrogen-bond donors (Lipinski definition) is 0. The van der Waals surface area contributed by atoms with E-state index in [0.29, 0.717) is 11.8 Å². The lowest BCUT2D eigenvalue weighted by atomic mass is 9.76. The van der Waals surface area contributed by atoms with Gasteiger partial charge in [0.15, 0.2) is 0 Å². The monoisotopic (exact) mass is 374 g/mol. The molecule has 5 heteroatoms. The van der Waals surface area contributed by atoms with Gasteiger partial charge < -0.3 is 4.57 Å². The van der Waals surface area contributed by atoms with E-state index in [9.17, 15) is 4.79 Å². The first-order valence-electron chi connectivity index (χ1n) is 10.1. The van der Waals surface area contributed by atoms with Gasteiger partial charge in [-0.25, -0.2) is 0 Å². The fourth-order valence-electron chi connectivity index (χ4n) is 5.20. The summed E-state index contributed by atoms with van der Waals surface area (Å²) in [6.45, 7) is 2.96. The Labute approximate surface area is 165 Å². The molecule has 2 bridgehead atoms. The van der Waals surface area contributed by atoms with Gasteiger partial charge in [-0.2, -0.15) is 5.10 Å². The number of aryl methyl sites for hydroxylation is 1. The third-order valence-corrected chi connectivity index (χ3v) is 6.33. The van der Waals surface area contributed by atoms with Crippen molar-refractivity contribution in [1.29, 1.82) is 0 Å². The molecule has 0 radical (unpaired) electrons. The van der Waals surface area contributed by atoms with Crippen molar-refractivity contribution in [1.82, 2.24) is 19.2 Å². The van der Waals surface area contributed by atoms with E-state index in [1.165, 1.54) is 23.2 Å². The maximum absolute atomic E-state index is 12.8. The number of piperidine rings is 1. The summed E-state index contributed by atoms with van der Waals surface area (Å²) in [5.74, 6) is 0.916. The van der Waals surface area contributed by atoms with Crippen molar-refractivity contribution < 1.29 is 0 Å². The van der Waals surface area contributed by atoms with Crippen molar-refractivity contribution in [3.05, 3.63) is 88.1 Å². The molecular weight excluding hydrogens is 348 g/mol. The Morgan fingerprint density at radius 3 is 2.68 bits per heavy atom. The zero-order valence-corrected chi connectivity index (χ0v) is 16.2. The zero-order valence-electron chi connectivity index (χ0n) is 16.2. The highest BCUT2D eigenvalue weighted by molar-refractivity contribution is 5.22. The van der Waals surface area contributed by atoms with Crippen LogP contribution in [0.1, 0.15) is 35.2 Å². The molecule has 5 nitrogen and oxygen atoms in total. The van der Waals surface area contributed by atoms with E-state index in [1.807, 2.05) is 24.0 Å². The van der Waals surface area contributed by atoms with Crippen LogP contribution in [0.15, 0.2) is 65.7 Å². The van der Waals surface area contributed by atoms with E-state index >= 15 is 0 Å². The molecule has 4 heterocycles. The summed E-state index contributed by atoms with van der Waals surface area (Å²) in [7, 11) is 1.97. The van der Waals surface area contributed by atoms with E-state index in [1.54, 1.807) is 6.07 Å². The highest BCUT2D eigenvalue weighted by Crippen LogP contribution is 2.42. The maximum Gasteiger partial charge on any atom is 0.251 e. The zero-order chi connectivity index (χ0) is 19.1. The molecule has 0 saturated carbocycles. The highest BCUT2D eigenvalue weighted by atomic mass is 16.1. The van der Waals surface area contributed by atoms with Gasteiger partial charge in [0.2, 0.25) is 0 Å². The van der Waals surface area contributed by atoms with Crippen molar-refractivity contribution in [2.45, 2.75) is 31.3 Å². The lowest BCUT2D eigenvalue weighted by Gasteiger charge is -2.47. The van der Waals surface area contributed by atoms with E-state index in [4.69, 9.17) is 0 Å². The highest BCUT2D eigenvalue weighted by Gasteiger charge is 2.40. The van der Waals surface area contributed by atoms with Crippen LogP contribution in [0.5, 0.6) is 0 Å². The molecule has 2 aliphatic heterocycles. The number of benzene rings is 1. The summed E-state index contributed by atoms with van der Waals surface area (Å²) in [6.07, 6.45) is 6.15. The van der Waals surface area contributed by atoms with E-state index in [2.05, 4.69) is 57.2 Å². The second-order valence-corrected chi connectivity index (χ2v) is 8.33. The van der Waals surface area contributed by atoms with E-state index in [0.717, 1.165) is 26.1 Å². The molecule has 1 aromatic carbocycles. The van der Waals surface area contributed by atoms with Crippen LogP contribution < -0.4 is 5.56 Å². The van der Waals surface area contributed by atoms with Crippen LogP contribution in [-0.4, -0.2) is 32.3 Å². The predicted octanol–water partition coefficient (Wildman–Crippen LogP) is 2.98. The molecule has 0 aliphatic carbocycles. The number of likely N-dealkylation sites (tertiary alicyclic amines) is 1. The first-order valence-corrected chi connectivity index (χ1v) is 10.1. The lowest BCUT2D eigenvalue weighted by molar-refractivity contribution is 0.0853. The van der Waals surface area contributed by atoms with Crippen LogP contribution >= 0.6 is 0 Å². The smallest absolute Gasteiger partial charge is 0.251 e. The van der Waals surface area contributed by atoms with Crippen LogP contribution in [0, 0.1) is 5.92 Å². The molecule has 144 valence electrons. The Hall–Kier alpha value is -2.66. The normalized spacial score (nSPS) is 24.1. The van der Waals surface area contributed by atoms with E-state index in [-0.39, 0.29) is 11.6 Å². The molecule has 0 spiro atoms. The van der Waals surface area contributed by atoms with Crippen molar-refractivity contribution >= 4 is 0 Å². The van der Waals surface area contributed by atoms with Crippen LogP contribution in [0.3, 0.4) is 0 Å². The molecule has 1 fully saturated rings. The summed E-state index contributed by atoms with van der Waals surface area (Å²) < 4.78 is 3.97. The lowest BCUT2D eigenvalue weighted by Crippen LogP contribution is -2.49. The molecule has 0 unspecified atom stereocenters. The fourth-order valence-corrected chi connectivity index (χ4v) is 5.20. The summed E-state index contributed by atoms with van der Waals surface area (Å²) in [5, 5.41) is 4.32. The Bertz CT molecular complexity index is 1020. The molecule has 1 saturated heterocycles. The SMILES string of the molecule is Cn1cc(CN2C[C@H]3C[C@@H](C2)[C@H](Cc2ccccc2)n2c3cccc2=O)cn1. The van der Waals surface area contributed by atoms with Gasteiger partial charge in [-0.3, -0.25) is 14.4 Å². The third-order valence-electron chi connectivity index (χ3n) is 6.33. The van der Waals surface area contributed by atoms with Gasteiger partial charge in [-0.1, -0.05) is 36.4 Å². The first kappa shape index (κ1) is 17.4. The quantitative estimate of drug-likeness (QED) is 0.705. The number of nitrogens with zero attached hydrogens (tertiary/aromatic N) is 4. The van der Waals surface area contributed by atoms with Gasteiger partial charge in [0.1, 0.15) is 0 Å². The average Bonchev–Trinajstić information content (AvgIpc) is 3.11. The number of hydrogen-bond acceptors (Lipinski definition) is 3. The van der Waals surface area contributed by atoms with Gasteiger partial charge in [-0.15, -0.1) is 0 Å². The van der Waals surface area contributed by atoms with Crippen LogP contribution in [0.2, 0.25) is 0 Å². The average molecular weight is 374 g/mol. The minimum Gasteiger partial charge on any atom is -0.309 e. The van der Waals surface area contributed by atoms with Crippen molar-refractivity contribution in [2.75, 3.05) is 13.1 Å². The maximum atomic E-state index is 12.8. The molecule has 0 N–H and O–H groups in total. The summed E-state index contributed by atoms with van der Waals surface area (Å²) >= 11 is 0. The van der Waals surface area contributed by atoms with Gasteiger partial charge in [0, 0.05) is 62.2 Å². The Morgan fingerprint density at radius 1 is 1.04 bits per heavy atom. The fraction of sp³-hybridized carbons (Fsp3) is 0.391. The summed E-state index contributed by atoms with van der Waals surface area (Å²) in [6, 6.07) is 16.6. The standard InChI is InChI=1S/C23H26N4O/c1-25-13-18(12-24-25)14-26-15-19-11-20(16-26)22(10-17-6-3-2-4-7-17)27-21(19)8-5-9-23(27)28/h2-9,12-13,19-20,22H,10-11,14-16H2,1H3/t19-,20+,22+/m1/s1. The van der Waals surface area contributed by atoms with Crippen molar-refractivity contribution in [2.24, 2.45) is 13.0 Å².